The van der Waals surface area contributed by atoms with E-state index in [-0.39, 0.29) is 17.8 Å². The summed E-state index contributed by atoms with van der Waals surface area (Å²) in [6.07, 6.45) is 0.431. The van der Waals surface area contributed by atoms with Crippen molar-refractivity contribution in [3.63, 3.8) is 0 Å². The zero-order chi connectivity index (χ0) is 21.5. The van der Waals surface area contributed by atoms with E-state index < -0.39 is 11.2 Å². The van der Waals surface area contributed by atoms with Crippen LogP contribution < -0.4 is 14.9 Å². The van der Waals surface area contributed by atoms with Crippen molar-refractivity contribution in [1.29, 1.82) is 0 Å². The minimum atomic E-state index is -0.440. The summed E-state index contributed by atoms with van der Waals surface area (Å²) in [7, 11) is 1.63. The SMILES string of the molecule is COc1cccc2c1O[C@H](c1ccc([N+](=O)[O-])cc1)N1N[C@H](c3ccc(C)cc3)C[C@@H]21. The van der Waals surface area contributed by atoms with Gasteiger partial charge < -0.3 is 9.47 Å². The van der Waals surface area contributed by atoms with Crippen LogP contribution in [0.4, 0.5) is 5.69 Å². The first kappa shape index (κ1) is 19.5. The van der Waals surface area contributed by atoms with Crippen molar-refractivity contribution >= 4 is 5.69 Å². The molecule has 0 bridgehead atoms. The van der Waals surface area contributed by atoms with Gasteiger partial charge in [0.2, 0.25) is 0 Å². The highest BCUT2D eigenvalue weighted by molar-refractivity contribution is 5.50. The Hall–Kier alpha value is -3.42. The van der Waals surface area contributed by atoms with Crippen molar-refractivity contribution in [2.24, 2.45) is 0 Å². The molecular weight excluding hydrogens is 394 g/mol. The van der Waals surface area contributed by atoms with E-state index in [1.807, 2.05) is 12.1 Å². The highest BCUT2D eigenvalue weighted by Gasteiger charge is 2.44. The van der Waals surface area contributed by atoms with Crippen LogP contribution in [0.25, 0.3) is 0 Å². The second-order valence-electron chi connectivity index (χ2n) is 7.95. The maximum absolute atomic E-state index is 11.1. The van der Waals surface area contributed by atoms with Crippen molar-refractivity contribution in [2.45, 2.75) is 31.7 Å². The Morgan fingerprint density at radius 1 is 1.06 bits per heavy atom. The average molecular weight is 417 g/mol. The Morgan fingerprint density at radius 2 is 1.77 bits per heavy atom. The number of fused-ring (bicyclic) bond motifs is 3. The van der Waals surface area contributed by atoms with Gasteiger partial charge in [-0.25, -0.2) is 5.43 Å². The maximum atomic E-state index is 11.1. The number of hydrogen-bond donors (Lipinski definition) is 1. The van der Waals surface area contributed by atoms with Gasteiger partial charge in [0.1, 0.15) is 0 Å². The molecule has 2 heterocycles. The van der Waals surface area contributed by atoms with Gasteiger partial charge in [0, 0.05) is 29.3 Å². The molecule has 1 saturated heterocycles. The van der Waals surface area contributed by atoms with Gasteiger partial charge in [0.15, 0.2) is 17.7 Å². The molecule has 31 heavy (non-hydrogen) atoms. The third-order valence-electron chi connectivity index (χ3n) is 6.04. The second-order valence-corrected chi connectivity index (χ2v) is 7.95. The zero-order valence-corrected chi connectivity index (χ0v) is 17.3. The number of non-ortho nitro benzene ring substituents is 1. The molecule has 0 spiro atoms. The largest absolute Gasteiger partial charge is 0.493 e. The lowest BCUT2D eigenvalue weighted by atomic mass is 9.94. The molecule has 3 aromatic carbocycles. The Bertz CT molecular complexity index is 1110. The van der Waals surface area contributed by atoms with E-state index in [2.05, 4.69) is 47.7 Å². The molecule has 0 radical (unpaired) electrons. The fraction of sp³-hybridized carbons (Fsp3) is 0.250. The highest BCUT2D eigenvalue weighted by Crippen LogP contribution is 2.51. The van der Waals surface area contributed by atoms with Gasteiger partial charge in [-0.1, -0.05) is 42.0 Å². The molecule has 2 aliphatic rings. The van der Waals surface area contributed by atoms with Crippen LogP contribution in [0.2, 0.25) is 0 Å². The zero-order valence-electron chi connectivity index (χ0n) is 17.3. The number of methoxy groups -OCH3 is 1. The summed E-state index contributed by atoms with van der Waals surface area (Å²) in [4.78, 5) is 10.7. The van der Waals surface area contributed by atoms with Crippen LogP contribution in [0, 0.1) is 17.0 Å². The minimum Gasteiger partial charge on any atom is -0.493 e. The molecule has 0 aromatic heterocycles. The number of hydrogen-bond acceptors (Lipinski definition) is 6. The molecule has 1 N–H and O–H groups in total. The number of rotatable bonds is 4. The quantitative estimate of drug-likeness (QED) is 0.476. The number of ether oxygens (including phenoxy) is 2. The van der Waals surface area contributed by atoms with Crippen LogP contribution in [0.15, 0.2) is 66.7 Å². The van der Waals surface area contributed by atoms with Crippen molar-refractivity contribution < 1.29 is 14.4 Å². The third kappa shape index (κ3) is 3.41. The number of nitrogens with zero attached hydrogens (tertiary/aromatic N) is 2. The number of hydrazine groups is 1. The Kier molecular flexibility index (Phi) is 4.84. The molecule has 7 heteroatoms. The van der Waals surface area contributed by atoms with Gasteiger partial charge in [0.05, 0.1) is 18.1 Å². The molecule has 0 amide bonds. The fourth-order valence-electron chi connectivity index (χ4n) is 4.42. The van der Waals surface area contributed by atoms with Crippen LogP contribution in [0.3, 0.4) is 0 Å². The first-order valence-corrected chi connectivity index (χ1v) is 10.2. The number of nitrogens with one attached hydrogen (secondary N) is 1. The molecule has 0 unspecified atom stereocenters. The van der Waals surface area contributed by atoms with Gasteiger partial charge in [-0.05, 0) is 37.1 Å². The first-order valence-electron chi connectivity index (χ1n) is 10.2. The summed E-state index contributed by atoms with van der Waals surface area (Å²) in [5, 5.41) is 13.2. The van der Waals surface area contributed by atoms with Crippen LogP contribution in [-0.2, 0) is 0 Å². The van der Waals surface area contributed by atoms with Gasteiger partial charge in [0.25, 0.3) is 5.69 Å². The minimum absolute atomic E-state index is 0.0565. The fourth-order valence-corrected chi connectivity index (χ4v) is 4.42. The Morgan fingerprint density at radius 3 is 2.45 bits per heavy atom. The lowest BCUT2D eigenvalue weighted by molar-refractivity contribution is -0.384. The van der Waals surface area contributed by atoms with E-state index in [1.165, 1.54) is 23.3 Å². The molecule has 2 aliphatic heterocycles. The second kappa shape index (κ2) is 7.68. The van der Waals surface area contributed by atoms with E-state index in [0.29, 0.717) is 5.75 Å². The van der Waals surface area contributed by atoms with E-state index in [9.17, 15) is 10.1 Å². The van der Waals surface area contributed by atoms with E-state index >= 15 is 0 Å². The van der Waals surface area contributed by atoms with Crippen LogP contribution in [0.1, 0.15) is 47.0 Å². The van der Waals surface area contributed by atoms with E-state index in [4.69, 9.17) is 9.47 Å². The summed E-state index contributed by atoms with van der Waals surface area (Å²) >= 11 is 0. The normalized spacial score (nSPS) is 22.3. The Labute approximate surface area is 180 Å². The average Bonchev–Trinajstić information content (AvgIpc) is 3.24. The van der Waals surface area contributed by atoms with Crippen molar-refractivity contribution in [3.8, 4) is 11.5 Å². The smallest absolute Gasteiger partial charge is 0.269 e. The number of benzene rings is 3. The van der Waals surface area contributed by atoms with Crippen LogP contribution in [0.5, 0.6) is 11.5 Å². The molecule has 7 nitrogen and oxygen atoms in total. The van der Waals surface area contributed by atoms with Crippen molar-refractivity contribution in [2.75, 3.05) is 7.11 Å². The molecule has 5 rings (SSSR count). The van der Waals surface area contributed by atoms with Gasteiger partial charge in [-0.15, -0.1) is 0 Å². The standard InChI is InChI=1S/C24H23N3O4/c1-15-6-8-16(9-7-15)20-14-21-19-4-3-5-22(30-2)23(19)31-24(26(21)25-20)17-10-12-18(13-11-17)27(28)29/h3-13,20-21,24-25H,14H2,1-2H3/t20-,21-,24+/m0/s1. The van der Waals surface area contributed by atoms with Crippen molar-refractivity contribution in [3.05, 3.63) is 99.1 Å². The predicted octanol–water partition coefficient (Wildman–Crippen LogP) is 5.00. The van der Waals surface area contributed by atoms with E-state index in [0.717, 1.165) is 23.3 Å². The molecule has 158 valence electrons. The highest BCUT2D eigenvalue weighted by atomic mass is 16.6. The topological polar surface area (TPSA) is 76.9 Å². The molecule has 3 aromatic rings. The third-order valence-corrected chi connectivity index (χ3v) is 6.04. The number of aryl methyl sites for hydroxylation is 1. The first-order chi connectivity index (χ1) is 15.0. The van der Waals surface area contributed by atoms with Gasteiger partial charge in [-0.2, -0.15) is 5.01 Å². The number of nitro benzene ring substituents is 1. The number of para-hydroxylation sites is 1. The van der Waals surface area contributed by atoms with Crippen LogP contribution >= 0.6 is 0 Å². The summed E-state index contributed by atoms with van der Waals surface area (Å²) in [6.45, 7) is 2.08. The number of nitro groups is 1. The summed E-state index contributed by atoms with van der Waals surface area (Å²) < 4.78 is 12.0. The van der Waals surface area contributed by atoms with Gasteiger partial charge >= 0.3 is 0 Å². The molecular formula is C24H23N3O4. The predicted molar refractivity (Wildman–Crippen MR) is 116 cm³/mol. The maximum Gasteiger partial charge on any atom is 0.269 e. The molecule has 0 aliphatic carbocycles. The Balaban J connectivity index is 1.55. The lowest BCUT2D eigenvalue weighted by Gasteiger charge is -2.39. The summed E-state index contributed by atoms with van der Waals surface area (Å²) in [5.74, 6) is 1.41. The molecule has 1 fully saturated rings. The van der Waals surface area contributed by atoms with Gasteiger partial charge in [-0.3, -0.25) is 10.1 Å². The monoisotopic (exact) mass is 417 g/mol. The lowest BCUT2D eigenvalue weighted by Crippen LogP contribution is -2.42. The molecule has 0 saturated carbocycles. The van der Waals surface area contributed by atoms with Crippen LogP contribution in [-0.4, -0.2) is 17.0 Å². The molecule has 3 atom stereocenters. The van der Waals surface area contributed by atoms with E-state index in [1.54, 1.807) is 19.2 Å². The van der Waals surface area contributed by atoms with Crippen molar-refractivity contribution in [1.82, 2.24) is 10.4 Å². The summed E-state index contributed by atoms with van der Waals surface area (Å²) in [5.41, 5.74) is 8.03. The summed E-state index contributed by atoms with van der Waals surface area (Å²) in [6, 6.07) is 21.2.